The van der Waals surface area contributed by atoms with Crippen LogP contribution in [0.2, 0.25) is 5.02 Å². The molecule has 6 heteroatoms. The zero-order valence-electron chi connectivity index (χ0n) is 14.6. The van der Waals surface area contributed by atoms with E-state index in [4.69, 9.17) is 16.3 Å². The lowest BCUT2D eigenvalue weighted by Gasteiger charge is -2.14. The summed E-state index contributed by atoms with van der Waals surface area (Å²) >= 11 is 5.84. The molecule has 0 fully saturated rings. The number of benzene rings is 2. The van der Waals surface area contributed by atoms with Crippen molar-refractivity contribution in [3.63, 3.8) is 0 Å². The molecule has 0 radical (unpaired) electrons. The molecule has 0 heterocycles. The second-order valence-electron chi connectivity index (χ2n) is 5.65. The van der Waals surface area contributed by atoms with Crippen LogP contribution in [0, 0.1) is 11.3 Å². The van der Waals surface area contributed by atoms with Crippen molar-refractivity contribution in [3.05, 3.63) is 76.5 Å². The quantitative estimate of drug-likeness (QED) is 0.576. The average Bonchev–Trinajstić information content (AvgIpc) is 2.66. The van der Waals surface area contributed by atoms with Crippen LogP contribution in [0.3, 0.4) is 0 Å². The van der Waals surface area contributed by atoms with Gasteiger partial charge in [-0.05, 0) is 42.3 Å². The van der Waals surface area contributed by atoms with Gasteiger partial charge in [-0.1, -0.05) is 35.9 Å². The summed E-state index contributed by atoms with van der Waals surface area (Å²) in [4.78, 5) is 12.3. The fraction of sp³-hybridized carbons (Fsp3) is 0.200. The highest BCUT2D eigenvalue weighted by Gasteiger charge is 2.13. The highest BCUT2D eigenvalue weighted by molar-refractivity contribution is 6.30. The van der Waals surface area contributed by atoms with Gasteiger partial charge >= 0.3 is 0 Å². The van der Waals surface area contributed by atoms with Crippen LogP contribution in [0.1, 0.15) is 24.1 Å². The first-order chi connectivity index (χ1) is 12.5. The maximum Gasteiger partial charge on any atom is 0.263 e. The van der Waals surface area contributed by atoms with Gasteiger partial charge in [-0.3, -0.25) is 4.79 Å². The molecule has 134 valence electrons. The van der Waals surface area contributed by atoms with Gasteiger partial charge in [0.15, 0.2) is 0 Å². The van der Waals surface area contributed by atoms with Crippen LogP contribution in [0.4, 0.5) is 0 Å². The summed E-state index contributed by atoms with van der Waals surface area (Å²) in [6.45, 7) is 2.35. The normalized spacial score (nSPS) is 12.0. The number of nitrogens with one attached hydrogen (secondary N) is 2. The molecule has 1 unspecified atom stereocenters. The molecule has 1 amide bonds. The van der Waals surface area contributed by atoms with E-state index in [9.17, 15) is 10.1 Å². The van der Waals surface area contributed by atoms with E-state index in [-0.39, 0.29) is 11.6 Å². The maximum atomic E-state index is 12.3. The van der Waals surface area contributed by atoms with E-state index >= 15 is 0 Å². The number of nitriles is 1. The molecule has 0 saturated carbocycles. The van der Waals surface area contributed by atoms with E-state index in [1.165, 1.54) is 6.20 Å². The number of nitrogens with zero attached hydrogens (tertiary/aromatic N) is 1. The fourth-order valence-electron chi connectivity index (χ4n) is 2.27. The van der Waals surface area contributed by atoms with Crippen molar-refractivity contribution in [2.24, 2.45) is 0 Å². The lowest BCUT2D eigenvalue weighted by Crippen LogP contribution is -2.28. The lowest BCUT2D eigenvalue weighted by molar-refractivity contribution is -0.117. The van der Waals surface area contributed by atoms with Gasteiger partial charge in [-0.25, -0.2) is 0 Å². The minimum atomic E-state index is -0.431. The van der Waals surface area contributed by atoms with Crippen molar-refractivity contribution in [2.75, 3.05) is 7.11 Å². The Morgan fingerprint density at radius 2 is 1.88 bits per heavy atom. The van der Waals surface area contributed by atoms with Gasteiger partial charge in [0.1, 0.15) is 17.4 Å². The van der Waals surface area contributed by atoms with E-state index < -0.39 is 5.91 Å². The third-order valence-electron chi connectivity index (χ3n) is 3.79. The van der Waals surface area contributed by atoms with Gasteiger partial charge < -0.3 is 15.4 Å². The van der Waals surface area contributed by atoms with Gasteiger partial charge in [0.2, 0.25) is 0 Å². The molecule has 2 rings (SSSR count). The largest absolute Gasteiger partial charge is 0.497 e. The number of carbonyl (C=O) groups excluding carboxylic acids is 1. The smallest absolute Gasteiger partial charge is 0.263 e. The minimum absolute atomic E-state index is 0.0133. The van der Waals surface area contributed by atoms with Crippen LogP contribution in [0.25, 0.3) is 0 Å². The Morgan fingerprint density at radius 1 is 1.23 bits per heavy atom. The van der Waals surface area contributed by atoms with Crippen LogP contribution in [-0.4, -0.2) is 13.0 Å². The molecule has 5 nitrogen and oxygen atoms in total. The highest BCUT2D eigenvalue weighted by Crippen LogP contribution is 2.17. The SMILES string of the molecule is COc1ccc(C(C)NC(=O)/C(C#N)=C\NCc2ccc(Cl)cc2)cc1. The average molecular weight is 370 g/mol. The highest BCUT2D eigenvalue weighted by atomic mass is 35.5. The zero-order valence-corrected chi connectivity index (χ0v) is 15.4. The first-order valence-corrected chi connectivity index (χ1v) is 8.44. The van der Waals surface area contributed by atoms with Gasteiger partial charge in [-0.2, -0.15) is 5.26 Å². The molecule has 0 saturated heterocycles. The van der Waals surface area contributed by atoms with Crippen LogP contribution >= 0.6 is 11.6 Å². The number of ether oxygens (including phenoxy) is 1. The monoisotopic (exact) mass is 369 g/mol. The molecule has 26 heavy (non-hydrogen) atoms. The third kappa shape index (κ3) is 5.54. The Labute approximate surface area is 158 Å². The number of methoxy groups -OCH3 is 1. The minimum Gasteiger partial charge on any atom is -0.497 e. The van der Waals surface area contributed by atoms with Crippen molar-refractivity contribution in [1.82, 2.24) is 10.6 Å². The van der Waals surface area contributed by atoms with E-state index in [1.807, 2.05) is 49.4 Å². The summed E-state index contributed by atoms with van der Waals surface area (Å²) in [6.07, 6.45) is 1.42. The Kier molecular flexibility index (Phi) is 7.07. The number of amides is 1. The predicted molar refractivity (Wildman–Crippen MR) is 102 cm³/mol. The Bertz CT molecular complexity index is 808. The summed E-state index contributed by atoms with van der Waals surface area (Å²) in [5, 5.41) is 15.7. The molecule has 2 aromatic carbocycles. The molecule has 0 aromatic heterocycles. The van der Waals surface area contributed by atoms with Crippen LogP contribution < -0.4 is 15.4 Å². The van der Waals surface area contributed by atoms with E-state index in [0.29, 0.717) is 11.6 Å². The van der Waals surface area contributed by atoms with Crippen molar-refractivity contribution < 1.29 is 9.53 Å². The van der Waals surface area contributed by atoms with Crippen molar-refractivity contribution in [1.29, 1.82) is 5.26 Å². The summed E-state index contributed by atoms with van der Waals surface area (Å²) in [7, 11) is 1.60. The van der Waals surface area contributed by atoms with Gasteiger partial charge in [-0.15, -0.1) is 0 Å². The molecule has 1 atom stereocenters. The summed E-state index contributed by atoms with van der Waals surface area (Å²) in [5.41, 5.74) is 1.93. The summed E-state index contributed by atoms with van der Waals surface area (Å²) in [6, 6.07) is 16.4. The van der Waals surface area contributed by atoms with Crippen LogP contribution in [0.5, 0.6) is 5.75 Å². The number of hydrogen-bond acceptors (Lipinski definition) is 4. The van der Waals surface area contributed by atoms with Crippen molar-refractivity contribution >= 4 is 17.5 Å². The number of rotatable bonds is 7. The number of carbonyl (C=O) groups is 1. The van der Waals surface area contributed by atoms with Crippen molar-refractivity contribution in [2.45, 2.75) is 19.5 Å². The van der Waals surface area contributed by atoms with Crippen LogP contribution in [-0.2, 0) is 11.3 Å². The molecular formula is C20H20ClN3O2. The Hall–Kier alpha value is -2.97. The second kappa shape index (κ2) is 9.50. The maximum absolute atomic E-state index is 12.3. The van der Waals surface area contributed by atoms with E-state index in [1.54, 1.807) is 19.2 Å². The zero-order chi connectivity index (χ0) is 18.9. The molecule has 2 aromatic rings. The summed E-state index contributed by atoms with van der Waals surface area (Å²) in [5.74, 6) is 0.315. The standard InChI is InChI=1S/C20H20ClN3O2/c1-14(16-5-9-19(26-2)10-6-16)24-20(25)17(11-22)13-23-12-15-3-7-18(21)8-4-15/h3-10,13-14,23H,12H2,1-2H3,(H,24,25)/b17-13-. The second-order valence-corrected chi connectivity index (χ2v) is 6.08. The Morgan fingerprint density at radius 3 is 2.46 bits per heavy atom. The molecule has 0 aliphatic carbocycles. The predicted octanol–water partition coefficient (Wildman–Crippen LogP) is 3.72. The van der Waals surface area contributed by atoms with Crippen LogP contribution in [0.15, 0.2) is 60.3 Å². The first kappa shape index (κ1) is 19.4. The molecule has 0 spiro atoms. The number of halogens is 1. The molecule has 0 bridgehead atoms. The van der Waals surface area contributed by atoms with Gasteiger partial charge in [0.05, 0.1) is 13.2 Å². The molecule has 0 aliphatic heterocycles. The van der Waals surface area contributed by atoms with Crippen molar-refractivity contribution in [3.8, 4) is 11.8 Å². The molecule has 0 aliphatic rings. The molecule has 2 N–H and O–H groups in total. The Balaban J connectivity index is 1.94. The van der Waals surface area contributed by atoms with E-state index in [0.717, 1.165) is 16.9 Å². The lowest BCUT2D eigenvalue weighted by atomic mass is 10.1. The van der Waals surface area contributed by atoms with Gasteiger partial charge in [0.25, 0.3) is 5.91 Å². The fourth-order valence-corrected chi connectivity index (χ4v) is 2.40. The molecular weight excluding hydrogens is 350 g/mol. The van der Waals surface area contributed by atoms with E-state index in [2.05, 4.69) is 10.6 Å². The topological polar surface area (TPSA) is 74.1 Å². The first-order valence-electron chi connectivity index (χ1n) is 8.06. The van der Waals surface area contributed by atoms with Gasteiger partial charge in [0, 0.05) is 17.8 Å². The summed E-state index contributed by atoms with van der Waals surface area (Å²) < 4.78 is 5.12. The third-order valence-corrected chi connectivity index (χ3v) is 4.05. The number of hydrogen-bond donors (Lipinski definition) is 2.